The van der Waals surface area contributed by atoms with Gasteiger partial charge in [-0.05, 0) is 35.9 Å². The van der Waals surface area contributed by atoms with Gasteiger partial charge in [-0.1, -0.05) is 30.3 Å². The van der Waals surface area contributed by atoms with Crippen molar-refractivity contribution in [2.24, 2.45) is 0 Å². The van der Waals surface area contributed by atoms with E-state index in [2.05, 4.69) is 15.6 Å². The van der Waals surface area contributed by atoms with Crippen molar-refractivity contribution in [1.82, 2.24) is 10.3 Å². The van der Waals surface area contributed by atoms with Crippen LogP contribution in [0.15, 0.2) is 73.1 Å². The van der Waals surface area contributed by atoms with Gasteiger partial charge in [-0.15, -0.1) is 0 Å². The molecule has 3 aromatic rings. The molecule has 0 aliphatic carbocycles. The van der Waals surface area contributed by atoms with Crippen molar-refractivity contribution < 1.29 is 18.0 Å². The third kappa shape index (κ3) is 5.07. The summed E-state index contributed by atoms with van der Waals surface area (Å²) < 4.78 is 37.8. The molecule has 1 amide bonds. The maximum Gasteiger partial charge on any atom is 0.416 e. The van der Waals surface area contributed by atoms with Crippen LogP contribution in [0.1, 0.15) is 21.5 Å². The minimum absolute atomic E-state index is 0.289. The minimum atomic E-state index is -4.38. The highest BCUT2D eigenvalue weighted by Gasteiger charge is 2.29. The number of alkyl halides is 3. The zero-order chi connectivity index (χ0) is 19.3. The summed E-state index contributed by atoms with van der Waals surface area (Å²) in [5, 5.41) is 5.74. The Kier molecular flexibility index (Phi) is 5.40. The predicted octanol–water partition coefficient (Wildman–Crippen LogP) is 4.77. The summed E-state index contributed by atoms with van der Waals surface area (Å²) in [4.78, 5) is 16.3. The van der Waals surface area contributed by atoms with Gasteiger partial charge in [0.2, 0.25) is 0 Å². The molecule has 0 aliphatic rings. The van der Waals surface area contributed by atoms with E-state index < -0.39 is 11.7 Å². The first-order valence-corrected chi connectivity index (χ1v) is 8.13. The number of hydrogen-bond acceptors (Lipinski definition) is 3. The number of aromatic nitrogens is 1. The van der Waals surface area contributed by atoms with Gasteiger partial charge in [-0.2, -0.15) is 13.2 Å². The molecule has 27 heavy (non-hydrogen) atoms. The van der Waals surface area contributed by atoms with Crippen LogP contribution in [-0.4, -0.2) is 10.9 Å². The first kappa shape index (κ1) is 18.4. The largest absolute Gasteiger partial charge is 0.416 e. The molecule has 0 atom stereocenters. The lowest BCUT2D eigenvalue weighted by atomic mass is 10.2. The first-order valence-electron chi connectivity index (χ1n) is 8.13. The van der Waals surface area contributed by atoms with E-state index >= 15 is 0 Å². The Labute approximate surface area is 154 Å². The number of nitrogens with one attached hydrogen (secondary N) is 2. The van der Waals surface area contributed by atoms with Gasteiger partial charge in [-0.25, -0.2) is 0 Å². The van der Waals surface area contributed by atoms with Crippen molar-refractivity contribution in [2.75, 3.05) is 5.32 Å². The van der Waals surface area contributed by atoms with E-state index in [1.165, 1.54) is 24.5 Å². The molecule has 0 radical (unpaired) electrons. The Balaban J connectivity index is 1.65. The summed E-state index contributed by atoms with van der Waals surface area (Å²) in [6.45, 7) is 0.385. The molecule has 1 heterocycles. The van der Waals surface area contributed by atoms with Gasteiger partial charge in [0.15, 0.2) is 0 Å². The van der Waals surface area contributed by atoms with Gasteiger partial charge in [0.25, 0.3) is 5.91 Å². The van der Waals surface area contributed by atoms with Gasteiger partial charge in [0.1, 0.15) is 0 Å². The lowest BCUT2D eigenvalue weighted by molar-refractivity contribution is -0.137. The zero-order valence-corrected chi connectivity index (χ0v) is 14.1. The van der Waals surface area contributed by atoms with E-state index in [1.807, 2.05) is 30.3 Å². The molecular formula is C20H16F3N3O. The number of pyridine rings is 1. The topological polar surface area (TPSA) is 54.0 Å². The molecule has 0 fully saturated rings. The van der Waals surface area contributed by atoms with Crippen LogP contribution in [0.3, 0.4) is 0 Å². The summed E-state index contributed by atoms with van der Waals surface area (Å²) in [6, 6.07) is 15.7. The Bertz CT molecular complexity index is 910. The molecule has 3 rings (SSSR count). The predicted molar refractivity (Wildman–Crippen MR) is 96.6 cm³/mol. The van der Waals surface area contributed by atoms with Crippen molar-refractivity contribution in [2.45, 2.75) is 12.7 Å². The van der Waals surface area contributed by atoms with Crippen molar-refractivity contribution >= 4 is 17.3 Å². The fraction of sp³-hybridized carbons (Fsp3) is 0.100. The number of hydrogen-bond donors (Lipinski definition) is 2. The number of nitrogens with zero attached hydrogens (tertiary/aromatic N) is 1. The minimum Gasteiger partial charge on any atom is -0.354 e. The standard InChI is InChI=1S/C20H16F3N3O/c21-20(22,23)16-6-8-17(9-7-16)26-18-10-15(12-24-13-18)19(27)25-11-14-4-2-1-3-5-14/h1-10,12-13,26H,11H2,(H,25,27). The molecule has 4 nitrogen and oxygen atoms in total. The van der Waals surface area contributed by atoms with Crippen LogP contribution in [0, 0.1) is 0 Å². The second-order valence-corrected chi connectivity index (χ2v) is 5.83. The maximum atomic E-state index is 12.6. The molecule has 138 valence electrons. The van der Waals surface area contributed by atoms with Gasteiger partial charge < -0.3 is 10.6 Å². The molecular weight excluding hydrogens is 355 g/mol. The second-order valence-electron chi connectivity index (χ2n) is 5.83. The van der Waals surface area contributed by atoms with Gasteiger partial charge >= 0.3 is 6.18 Å². The summed E-state index contributed by atoms with van der Waals surface area (Å²) >= 11 is 0. The SMILES string of the molecule is O=C(NCc1ccccc1)c1cncc(Nc2ccc(C(F)(F)F)cc2)c1. The Morgan fingerprint density at radius 2 is 1.63 bits per heavy atom. The third-order valence-electron chi connectivity index (χ3n) is 3.80. The van der Waals surface area contributed by atoms with Crippen LogP contribution in [0.4, 0.5) is 24.5 Å². The summed E-state index contributed by atoms with van der Waals surface area (Å²) in [5.41, 5.74) is 1.56. The van der Waals surface area contributed by atoms with E-state index in [0.29, 0.717) is 23.5 Å². The molecule has 2 N–H and O–H groups in total. The Morgan fingerprint density at radius 3 is 2.30 bits per heavy atom. The van der Waals surface area contributed by atoms with Crippen LogP contribution in [0.5, 0.6) is 0 Å². The molecule has 0 spiro atoms. The normalized spacial score (nSPS) is 11.1. The molecule has 2 aromatic carbocycles. The van der Waals surface area contributed by atoms with E-state index in [-0.39, 0.29) is 5.91 Å². The van der Waals surface area contributed by atoms with E-state index in [4.69, 9.17) is 0 Å². The first-order chi connectivity index (χ1) is 12.9. The van der Waals surface area contributed by atoms with E-state index in [1.54, 1.807) is 6.07 Å². The molecule has 0 aliphatic heterocycles. The van der Waals surface area contributed by atoms with Crippen LogP contribution in [-0.2, 0) is 12.7 Å². The number of rotatable bonds is 5. The van der Waals surface area contributed by atoms with Crippen LogP contribution < -0.4 is 10.6 Å². The quantitative estimate of drug-likeness (QED) is 0.679. The average Bonchev–Trinajstić information content (AvgIpc) is 2.67. The summed E-state index contributed by atoms with van der Waals surface area (Å²) in [7, 11) is 0. The Morgan fingerprint density at radius 1 is 0.926 bits per heavy atom. The zero-order valence-electron chi connectivity index (χ0n) is 14.1. The van der Waals surface area contributed by atoms with Crippen molar-refractivity contribution in [1.29, 1.82) is 0 Å². The van der Waals surface area contributed by atoms with Crippen molar-refractivity contribution in [3.8, 4) is 0 Å². The molecule has 0 unspecified atom stereocenters. The average molecular weight is 371 g/mol. The Hall–Kier alpha value is -3.35. The molecule has 7 heteroatoms. The highest BCUT2D eigenvalue weighted by molar-refractivity contribution is 5.94. The third-order valence-corrected chi connectivity index (χ3v) is 3.80. The van der Waals surface area contributed by atoms with Gasteiger partial charge in [0, 0.05) is 18.4 Å². The highest BCUT2D eigenvalue weighted by Crippen LogP contribution is 2.30. The summed E-state index contributed by atoms with van der Waals surface area (Å²) in [6.07, 6.45) is -1.46. The number of amides is 1. The van der Waals surface area contributed by atoms with Crippen LogP contribution >= 0.6 is 0 Å². The van der Waals surface area contributed by atoms with Gasteiger partial charge in [0.05, 0.1) is 23.0 Å². The van der Waals surface area contributed by atoms with Crippen LogP contribution in [0.25, 0.3) is 0 Å². The lowest BCUT2D eigenvalue weighted by Crippen LogP contribution is -2.22. The second kappa shape index (κ2) is 7.90. The highest BCUT2D eigenvalue weighted by atomic mass is 19.4. The number of carbonyl (C=O) groups excluding carboxylic acids is 1. The van der Waals surface area contributed by atoms with Crippen molar-refractivity contribution in [3.05, 3.63) is 89.7 Å². The molecule has 0 saturated heterocycles. The monoisotopic (exact) mass is 371 g/mol. The molecule has 1 aromatic heterocycles. The number of benzene rings is 2. The number of anilines is 2. The molecule has 0 bridgehead atoms. The van der Waals surface area contributed by atoms with Crippen molar-refractivity contribution in [3.63, 3.8) is 0 Å². The maximum absolute atomic E-state index is 12.6. The van der Waals surface area contributed by atoms with Gasteiger partial charge in [-0.3, -0.25) is 9.78 Å². The fourth-order valence-electron chi connectivity index (χ4n) is 2.42. The number of halogens is 3. The van der Waals surface area contributed by atoms with E-state index in [0.717, 1.165) is 17.7 Å². The lowest BCUT2D eigenvalue weighted by Gasteiger charge is -2.10. The summed E-state index contributed by atoms with van der Waals surface area (Å²) in [5.74, 6) is -0.289. The number of carbonyl (C=O) groups is 1. The fourth-order valence-corrected chi connectivity index (χ4v) is 2.42. The molecule has 0 saturated carbocycles. The van der Waals surface area contributed by atoms with E-state index in [9.17, 15) is 18.0 Å². The smallest absolute Gasteiger partial charge is 0.354 e. The van der Waals surface area contributed by atoms with Crippen LogP contribution in [0.2, 0.25) is 0 Å².